The third-order valence-electron chi connectivity index (χ3n) is 3.65. The lowest BCUT2D eigenvalue weighted by molar-refractivity contribution is -0.387. The third-order valence-corrected chi connectivity index (χ3v) is 4.80. The van der Waals surface area contributed by atoms with Crippen LogP contribution in [-0.4, -0.2) is 43.9 Å². The summed E-state index contributed by atoms with van der Waals surface area (Å²) < 4.78 is 28.1. The van der Waals surface area contributed by atoms with Gasteiger partial charge in [-0.3, -0.25) is 19.7 Å². The van der Waals surface area contributed by atoms with Crippen molar-refractivity contribution in [1.82, 2.24) is 0 Å². The summed E-state index contributed by atoms with van der Waals surface area (Å²) in [7, 11) is -3.87. The molecule has 0 radical (unpaired) electrons. The number of amides is 1. The highest BCUT2D eigenvalue weighted by Gasteiger charge is 2.24. The van der Waals surface area contributed by atoms with Gasteiger partial charge in [0.05, 0.1) is 10.5 Å². The van der Waals surface area contributed by atoms with Gasteiger partial charge in [-0.2, -0.15) is 0 Å². The lowest BCUT2D eigenvalue weighted by atomic mass is 10.1. The smallest absolute Gasteiger partial charge is 0.338 e. The number of ketones is 1. The zero-order chi connectivity index (χ0) is 21.8. The van der Waals surface area contributed by atoms with Crippen LogP contribution in [0.4, 0.5) is 11.4 Å². The van der Waals surface area contributed by atoms with Crippen LogP contribution in [0.1, 0.15) is 27.6 Å². The van der Waals surface area contributed by atoms with E-state index in [9.17, 15) is 32.9 Å². The Morgan fingerprint density at radius 1 is 1.07 bits per heavy atom. The topological polar surface area (TPSA) is 150 Å². The van der Waals surface area contributed by atoms with Crippen molar-refractivity contribution in [3.05, 3.63) is 63.7 Å². The number of benzene rings is 2. The molecular formula is C18H16N2O8S. The van der Waals surface area contributed by atoms with Gasteiger partial charge in [0.2, 0.25) is 5.91 Å². The lowest BCUT2D eigenvalue weighted by Crippen LogP contribution is -2.15. The van der Waals surface area contributed by atoms with Crippen LogP contribution in [0.15, 0.2) is 47.4 Å². The van der Waals surface area contributed by atoms with Gasteiger partial charge in [0.15, 0.2) is 22.2 Å². The van der Waals surface area contributed by atoms with Crippen LogP contribution in [-0.2, 0) is 19.4 Å². The van der Waals surface area contributed by atoms with Crippen molar-refractivity contribution in [3.8, 4) is 0 Å². The molecule has 0 aromatic heterocycles. The molecule has 10 nitrogen and oxygen atoms in total. The minimum Gasteiger partial charge on any atom is -0.454 e. The van der Waals surface area contributed by atoms with Gasteiger partial charge in [0.25, 0.3) is 5.69 Å². The summed E-state index contributed by atoms with van der Waals surface area (Å²) in [5.41, 5.74) is -0.311. The van der Waals surface area contributed by atoms with E-state index in [0.29, 0.717) is 5.69 Å². The van der Waals surface area contributed by atoms with Crippen LogP contribution >= 0.6 is 0 Å². The molecule has 0 saturated carbocycles. The largest absolute Gasteiger partial charge is 0.454 e. The molecular weight excluding hydrogens is 404 g/mol. The predicted molar refractivity (Wildman–Crippen MR) is 102 cm³/mol. The Morgan fingerprint density at radius 3 is 2.17 bits per heavy atom. The molecule has 0 aliphatic carbocycles. The Bertz CT molecular complexity index is 1090. The predicted octanol–water partition coefficient (Wildman–Crippen LogP) is 2.00. The maximum atomic E-state index is 12.1. The molecule has 1 amide bonds. The van der Waals surface area contributed by atoms with Crippen LogP contribution in [0, 0.1) is 10.1 Å². The Hall–Kier alpha value is -3.60. The fourth-order valence-corrected chi connectivity index (χ4v) is 3.17. The van der Waals surface area contributed by atoms with Gasteiger partial charge in [-0.15, -0.1) is 0 Å². The maximum absolute atomic E-state index is 12.1. The zero-order valence-electron chi connectivity index (χ0n) is 15.4. The average Bonchev–Trinajstić information content (AvgIpc) is 2.64. The SMILES string of the molecule is CC(=O)Nc1ccc(C(=O)COC(=O)c2ccc(S(C)(=O)=O)c([N+](=O)[O-])c2)cc1. The molecule has 11 heteroatoms. The number of anilines is 1. The van der Waals surface area contributed by atoms with Crippen molar-refractivity contribution < 1.29 is 32.5 Å². The number of rotatable bonds is 7. The van der Waals surface area contributed by atoms with Gasteiger partial charge in [-0.25, -0.2) is 13.2 Å². The highest BCUT2D eigenvalue weighted by Crippen LogP contribution is 2.25. The van der Waals surface area contributed by atoms with Gasteiger partial charge in [-0.1, -0.05) is 0 Å². The fourth-order valence-electron chi connectivity index (χ4n) is 2.34. The normalized spacial score (nSPS) is 10.8. The van der Waals surface area contributed by atoms with Crippen LogP contribution in [0.5, 0.6) is 0 Å². The first kappa shape index (κ1) is 21.7. The van der Waals surface area contributed by atoms with Gasteiger partial charge in [-0.05, 0) is 36.4 Å². The van der Waals surface area contributed by atoms with Crippen molar-refractivity contribution in [3.63, 3.8) is 0 Å². The van der Waals surface area contributed by atoms with E-state index in [0.717, 1.165) is 24.5 Å². The van der Waals surface area contributed by atoms with Crippen LogP contribution in [0.3, 0.4) is 0 Å². The number of sulfone groups is 1. The Morgan fingerprint density at radius 2 is 1.66 bits per heavy atom. The molecule has 0 fully saturated rings. The first-order valence-corrected chi connectivity index (χ1v) is 9.94. The number of ether oxygens (including phenoxy) is 1. The van der Waals surface area contributed by atoms with Crippen molar-refractivity contribution in [2.24, 2.45) is 0 Å². The zero-order valence-corrected chi connectivity index (χ0v) is 16.2. The van der Waals surface area contributed by atoms with Crippen molar-refractivity contribution in [1.29, 1.82) is 0 Å². The van der Waals surface area contributed by atoms with Crippen LogP contribution in [0.25, 0.3) is 0 Å². The minimum atomic E-state index is -3.87. The Kier molecular flexibility index (Phi) is 6.44. The van der Waals surface area contributed by atoms with Gasteiger partial charge >= 0.3 is 5.97 Å². The molecule has 2 aromatic rings. The summed E-state index contributed by atoms with van der Waals surface area (Å²) in [4.78, 5) is 44.8. The first-order valence-electron chi connectivity index (χ1n) is 8.05. The van der Waals surface area contributed by atoms with E-state index in [1.165, 1.54) is 31.2 Å². The van der Waals surface area contributed by atoms with E-state index in [4.69, 9.17) is 4.74 Å². The number of nitro groups is 1. The number of carbonyl (C=O) groups is 3. The van der Waals surface area contributed by atoms with E-state index >= 15 is 0 Å². The van der Waals surface area contributed by atoms with E-state index in [2.05, 4.69) is 5.32 Å². The molecule has 0 spiro atoms. The maximum Gasteiger partial charge on any atom is 0.338 e. The standard InChI is InChI=1S/C18H16N2O8S/c1-11(21)19-14-6-3-12(4-7-14)16(22)10-28-18(23)13-5-8-17(29(2,26)27)15(9-13)20(24)25/h3-9H,10H2,1-2H3,(H,19,21). The first-order chi connectivity index (χ1) is 13.5. The summed E-state index contributed by atoms with van der Waals surface area (Å²) in [5, 5.41) is 13.6. The number of nitrogens with zero attached hydrogens (tertiary/aromatic N) is 1. The molecule has 0 aliphatic rings. The monoisotopic (exact) mass is 420 g/mol. The molecule has 29 heavy (non-hydrogen) atoms. The van der Waals surface area contributed by atoms with Gasteiger partial charge < -0.3 is 10.1 Å². The van der Waals surface area contributed by atoms with Crippen molar-refractivity contribution in [2.45, 2.75) is 11.8 Å². The van der Waals surface area contributed by atoms with Crippen molar-refractivity contribution >= 4 is 38.9 Å². The van der Waals surface area contributed by atoms with Gasteiger partial charge in [0.1, 0.15) is 4.90 Å². The number of hydrogen-bond acceptors (Lipinski definition) is 8. The second-order valence-corrected chi connectivity index (χ2v) is 7.95. The number of nitrogens with one attached hydrogen (secondary N) is 1. The molecule has 0 heterocycles. The van der Waals surface area contributed by atoms with E-state index in [-0.39, 0.29) is 17.0 Å². The second-order valence-electron chi connectivity index (χ2n) is 5.97. The summed E-state index contributed by atoms with van der Waals surface area (Å²) in [5.74, 6) is -1.82. The second kappa shape index (κ2) is 8.61. The van der Waals surface area contributed by atoms with Crippen LogP contribution in [0.2, 0.25) is 0 Å². The summed E-state index contributed by atoms with van der Waals surface area (Å²) in [6.07, 6.45) is 0.809. The Balaban J connectivity index is 2.10. The highest BCUT2D eigenvalue weighted by molar-refractivity contribution is 7.90. The number of nitro benzene ring substituents is 1. The Labute approximate surface area is 165 Å². The molecule has 0 bridgehead atoms. The van der Waals surface area contributed by atoms with E-state index in [1.54, 1.807) is 0 Å². The summed E-state index contributed by atoms with van der Waals surface area (Å²) in [6.45, 7) is 0.714. The molecule has 2 aromatic carbocycles. The average molecular weight is 420 g/mol. The number of carbonyl (C=O) groups excluding carboxylic acids is 3. The number of esters is 1. The fraction of sp³-hybridized carbons (Fsp3) is 0.167. The number of hydrogen-bond donors (Lipinski definition) is 1. The molecule has 0 saturated heterocycles. The minimum absolute atomic E-state index is 0.227. The lowest BCUT2D eigenvalue weighted by Gasteiger charge is -2.07. The molecule has 0 unspecified atom stereocenters. The molecule has 0 aliphatic heterocycles. The highest BCUT2D eigenvalue weighted by atomic mass is 32.2. The summed E-state index contributed by atoms with van der Waals surface area (Å²) in [6, 6.07) is 8.67. The molecule has 0 atom stereocenters. The quantitative estimate of drug-likeness (QED) is 0.309. The van der Waals surface area contributed by atoms with E-state index < -0.39 is 43.7 Å². The third kappa shape index (κ3) is 5.69. The molecule has 152 valence electrons. The molecule has 2 rings (SSSR count). The number of Topliss-reactive ketones (excluding diaryl/α,β-unsaturated/α-hetero) is 1. The van der Waals surface area contributed by atoms with Gasteiger partial charge in [0, 0.05) is 30.5 Å². The van der Waals surface area contributed by atoms with Crippen LogP contribution < -0.4 is 5.32 Å². The van der Waals surface area contributed by atoms with E-state index in [1.807, 2.05) is 0 Å². The van der Waals surface area contributed by atoms with Crippen molar-refractivity contribution in [2.75, 3.05) is 18.2 Å². The molecule has 1 N–H and O–H groups in total. The summed E-state index contributed by atoms with van der Waals surface area (Å²) >= 11 is 0.